The number of hydrogen-bond donors (Lipinski definition) is 3. The van der Waals surface area contributed by atoms with Gasteiger partial charge in [0.25, 0.3) is 0 Å². The van der Waals surface area contributed by atoms with Gasteiger partial charge in [-0.05, 0) is 6.07 Å². The first-order valence-corrected chi connectivity index (χ1v) is 7.03. The predicted molar refractivity (Wildman–Crippen MR) is 86.1 cm³/mol. The molecule has 0 radical (unpaired) electrons. The summed E-state index contributed by atoms with van der Waals surface area (Å²) in [5, 5.41) is 8.81. The van der Waals surface area contributed by atoms with Crippen LogP contribution in [0.15, 0.2) is 29.3 Å². The largest absolute Gasteiger partial charge is 0.496 e. The van der Waals surface area contributed by atoms with Crippen LogP contribution in [0.4, 0.5) is 0 Å². The highest BCUT2D eigenvalue weighted by atomic mass is 16.5. The number of carbonyl (C=O) groups is 1. The first kappa shape index (κ1) is 17.8. The summed E-state index contributed by atoms with van der Waals surface area (Å²) >= 11 is 0. The molecule has 3 N–H and O–H groups in total. The van der Waals surface area contributed by atoms with E-state index >= 15 is 0 Å². The lowest BCUT2D eigenvalue weighted by molar-refractivity contribution is -0.120. The van der Waals surface area contributed by atoms with Crippen molar-refractivity contribution in [2.75, 3.05) is 41.0 Å². The van der Waals surface area contributed by atoms with Gasteiger partial charge in [0, 0.05) is 32.8 Å². The number of nitrogens with zero attached hydrogens (tertiary/aromatic N) is 1. The number of amides is 1. The van der Waals surface area contributed by atoms with E-state index in [1.807, 2.05) is 24.3 Å². The summed E-state index contributed by atoms with van der Waals surface area (Å²) in [5.41, 5.74) is 1.01. The molecule has 1 rings (SSSR count). The fourth-order valence-electron chi connectivity index (χ4n) is 1.77. The highest BCUT2D eigenvalue weighted by Crippen LogP contribution is 2.16. The molecule has 0 atom stereocenters. The molecule has 0 fully saturated rings. The Bertz CT molecular complexity index is 491. The van der Waals surface area contributed by atoms with Crippen molar-refractivity contribution in [2.45, 2.75) is 6.54 Å². The van der Waals surface area contributed by atoms with Crippen LogP contribution in [0.2, 0.25) is 0 Å². The van der Waals surface area contributed by atoms with Gasteiger partial charge in [-0.2, -0.15) is 0 Å². The summed E-state index contributed by atoms with van der Waals surface area (Å²) in [5.74, 6) is 1.24. The fraction of sp³-hybridized carbons (Fsp3) is 0.467. The Morgan fingerprint density at radius 3 is 2.64 bits per heavy atom. The number of nitrogens with one attached hydrogen (secondary N) is 3. The number of rotatable bonds is 8. The van der Waals surface area contributed by atoms with Gasteiger partial charge in [0.05, 0.1) is 20.3 Å². The lowest BCUT2D eigenvalue weighted by Crippen LogP contribution is -2.43. The van der Waals surface area contributed by atoms with Gasteiger partial charge >= 0.3 is 0 Å². The number of carbonyl (C=O) groups excluding carboxylic acids is 1. The van der Waals surface area contributed by atoms with E-state index in [1.165, 1.54) is 0 Å². The molecule has 1 aromatic carbocycles. The molecule has 0 aliphatic heterocycles. The average Bonchev–Trinajstić information content (AvgIpc) is 2.55. The van der Waals surface area contributed by atoms with Crippen molar-refractivity contribution in [3.8, 4) is 5.75 Å². The van der Waals surface area contributed by atoms with Gasteiger partial charge in [0.15, 0.2) is 5.96 Å². The zero-order valence-corrected chi connectivity index (χ0v) is 13.3. The second kappa shape index (κ2) is 10.4. The van der Waals surface area contributed by atoms with E-state index in [1.54, 1.807) is 21.3 Å². The molecular weight excluding hydrogens is 284 g/mol. The number of ether oxygens (including phenoxy) is 2. The standard InChI is InChI=1S/C15H24N4O3/c1-16-15(19-11-14(20)17-8-9-21-2)18-10-12-6-4-5-7-13(12)22-3/h4-7H,8-11H2,1-3H3,(H,17,20)(H2,16,18,19). The minimum absolute atomic E-state index is 0.114. The minimum atomic E-state index is -0.114. The van der Waals surface area contributed by atoms with Gasteiger partial charge in [0.2, 0.25) is 5.91 Å². The summed E-state index contributed by atoms with van der Waals surface area (Å²) in [6.07, 6.45) is 0. The third-order valence-corrected chi connectivity index (χ3v) is 2.91. The number of methoxy groups -OCH3 is 2. The molecule has 0 aromatic heterocycles. The maximum absolute atomic E-state index is 11.6. The molecular formula is C15H24N4O3. The molecule has 0 spiro atoms. The zero-order valence-electron chi connectivity index (χ0n) is 13.3. The van der Waals surface area contributed by atoms with Crippen molar-refractivity contribution in [2.24, 2.45) is 4.99 Å². The molecule has 0 aliphatic carbocycles. The molecule has 1 aromatic rings. The number of aliphatic imine (C=N–C) groups is 1. The van der Waals surface area contributed by atoms with E-state index in [-0.39, 0.29) is 12.5 Å². The lowest BCUT2D eigenvalue weighted by Gasteiger charge is -2.13. The van der Waals surface area contributed by atoms with Crippen LogP contribution in [0.25, 0.3) is 0 Å². The van der Waals surface area contributed by atoms with Gasteiger partial charge in [0.1, 0.15) is 5.75 Å². The smallest absolute Gasteiger partial charge is 0.239 e. The third kappa shape index (κ3) is 6.45. The Morgan fingerprint density at radius 2 is 1.95 bits per heavy atom. The Balaban J connectivity index is 2.38. The molecule has 0 saturated carbocycles. The molecule has 0 unspecified atom stereocenters. The monoisotopic (exact) mass is 308 g/mol. The Morgan fingerprint density at radius 1 is 1.18 bits per heavy atom. The minimum Gasteiger partial charge on any atom is -0.496 e. The zero-order chi connectivity index (χ0) is 16.2. The van der Waals surface area contributed by atoms with E-state index < -0.39 is 0 Å². The summed E-state index contributed by atoms with van der Waals surface area (Å²) in [6, 6.07) is 7.73. The molecule has 0 aliphatic rings. The van der Waals surface area contributed by atoms with Crippen LogP contribution in [0, 0.1) is 0 Å². The third-order valence-electron chi connectivity index (χ3n) is 2.91. The van der Waals surface area contributed by atoms with Crippen molar-refractivity contribution < 1.29 is 14.3 Å². The molecule has 122 valence electrons. The summed E-state index contributed by atoms with van der Waals surface area (Å²) in [4.78, 5) is 15.7. The number of guanidine groups is 1. The van der Waals surface area contributed by atoms with Crippen molar-refractivity contribution in [1.82, 2.24) is 16.0 Å². The molecule has 0 bridgehead atoms. The summed E-state index contributed by atoms with van der Waals surface area (Å²) in [6.45, 7) is 1.68. The van der Waals surface area contributed by atoms with Crippen LogP contribution < -0.4 is 20.7 Å². The second-order valence-electron chi connectivity index (χ2n) is 4.43. The van der Waals surface area contributed by atoms with Crippen molar-refractivity contribution in [1.29, 1.82) is 0 Å². The number of para-hydroxylation sites is 1. The second-order valence-corrected chi connectivity index (χ2v) is 4.43. The number of hydrogen-bond acceptors (Lipinski definition) is 4. The van der Waals surface area contributed by atoms with Crippen LogP contribution in [0.3, 0.4) is 0 Å². The molecule has 22 heavy (non-hydrogen) atoms. The van der Waals surface area contributed by atoms with Crippen molar-refractivity contribution >= 4 is 11.9 Å². The van der Waals surface area contributed by atoms with Crippen molar-refractivity contribution in [3.63, 3.8) is 0 Å². The first-order chi connectivity index (χ1) is 10.7. The molecule has 0 saturated heterocycles. The highest BCUT2D eigenvalue weighted by molar-refractivity contribution is 5.86. The fourth-order valence-corrected chi connectivity index (χ4v) is 1.77. The van der Waals surface area contributed by atoms with E-state index in [0.29, 0.717) is 25.7 Å². The van der Waals surface area contributed by atoms with Crippen LogP contribution in [-0.2, 0) is 16.1 Å². The SMILES string of the molecule is CN=C(NCC(=O)NCCOC)NCc1ccccc1OC. The van der Waals surface area contributed by atoms with Gasteiger partial charge in [-0.15, -0.1) is 0 Å². The Kier molecular flexibility index (Phi) is 8.44. The maximum atomic E-state index is 11.6. The van der Waals surface area contributed by atoms with E-state index in [4.69, 9.17) is 9.47 Å². The highest BCUT2D eigenvalue weighted by Gasteiger charge is 2.05. The van der Waals surface area contributed by atoms with E-state index in [9.17, 15) is 4.79 Å². The van der Waals surface area contributed by atoms with Crippen LogP contribution in [-0.4, -0.2) is 52.8 Å². The van der Waals surface area contributed by atoms with Gasteiger partial charge in [-0.1, -0.05) is 18.2 Å². The molecule has 7 nitrogen and oxygen atoms in total. The predicted octanol–water partition coefficient (Wildman–Crippen LogP) is 0.123. The van der Waals surface area contributed by atoms with E-state index in [0.717, 1.165) is 11.3 Å². The molecule has 7 heteroatoms. The molecule has 1 amide bonds. The van der Waals surface area contributed by atoms with Gasteiger partial charge in [-0.25, -0.2) is 0 Å². The van der Waals surface area contributed by atoms with Crippen LogP contribution >= 0.6 is 0 Å². The Hall–Kier alpha value is -2.28. The summed E-state index contributed by atoms with van der Waals surface area (Å²) < 4.78 is 10.2. The van der Waals surface area contributed by atoms with Crippen LogP contribution in [0.5, 0.6) is 5.75 Å². The maximum Gasteiger partial charge on any atom is 0.239 e. The summed E-state index contributed by atoms with van der Waals surface area (Å²) in [7, 11) is 4.88. The topological polar surface area (TPSA) is 84.0 Å². The quantitative estimate of drug-likeness (QED) is 0.361. The molecule has 0 heterocycles. The van der Waals surface area contributed by atoms with Gasteiger partial charge in [-0.3, -0.25) is 9.79 Å². The average molecular weight is 308 g/mol. The van der Waals surface area contributed by atoms with Crippen LogP contribution in [0.1, 0.15) is 5.56 Å². The normalized spacial score (nSPS) is 11.0. The van der Waals surface area contributed by atoms with Gasteiger partial charge < -0.3 is 25.4 Å². The first-order valence-electron chi connectivity index (χ1n) is 7.03. The van der Waals surface area contributed by atoms with E-state index in [2.05, 4.69) is 20.9 Å². The van der Waals surface area contributed by atoms with Crippen molar-refractivity contribution in [3.05, 3.63) is 29.8 Å². The Labute approximate surface area is 131 Å². The number of benzene rings is 1. The lowest BCUT2D eigenvalue weighted by atomic mass is 10.2.